The summed E-state index contributed by atoms with van der Waals surface area (Å²) >= 11 is 0. The minimum absolute atomic E-state index is 0.131. The zero-order valence-electron chi connectivity index (χ0n) is 10.6. The molecule has 0 aromatic carbocycles. The fraction of sp³-hybridized carbons (Fsp3) is 0.917. The van der Waals surface area contributed by atoms with Gasteiger partial charge in [0.15, 0.2) is 0 Å². The molecule has 16 heavy (non-hydrogen) atoms. The van der Waals surface area contributed by atoms with Crippen LogP contribution in [-0.2, 0) is 4.79 Å². The van der Waals surface area contributed by atoms with Crippen molar-refractivity contribution in [1.29, 1.82) is 0 Å². The summed E-state index contributed by atoms with van der Waals surface area (Å²) in [4.78, 5) is 16.4. The van der Waals surface area contributed by atoms with Crippen LogP contribution < -0.4 is 5.73 Å². The Morgan fingerprint density at radius 1 is 1.31 bits per heavy atom. The van der Waals surface area contributed by atoms with E-state index < -0.39 is 0 Å². The maximum absolute atomic E-state index is 12.1. The standard InChI is InChI=1S/C12H25N3O/c1-11(5-3-6-13)12(16)15-8-4-7-14(2)9-10-15/h11H,3-10,13H2,1-2H3. The molecule has 1 amide bonds. The Balaban J connectivity index is 2.39. The van der Waals surface area contributed by atoms with Gasteiger partial charge in [0, 0.05) is 25.6 Å². The van der Waals surface area contributed by atoms with Gasteiger partial charge in [0.2, 0.25) is 5.91 Å². The van der Waals surface area contributed by atoms with Crippen LogP contribution in [0.5, 0.6) is 0 Å². The van der Waals surface area contributed by atoms with Crippen molar-refractivity contribution in [2.24, 2.45) is 11.7 Å². The number of hydrogen-bond acceptors (Lipinski definition) is 3. The predicted molar refractivity (Wildman–Crippen MR) is 66.1 cm³/mol. The Labute approximate surface area is 98.8 Å². The Morgan fingerprint density at radius 3 is 2.75 bits per heavy atom. The number of carbonyl (C=O) groups is 1. The minimum Gasteiger partial charge on any atom is -0.341 e. The van der Waals surface area contributed by atoms with E-state index in [4.69, 9.17) is 5.73 Å². The molecule has 0 radical (unpaired) electrons. The van der Waals surface area contributed by atoms with E-state index in [-0.39, 0.29) is 5.92 Å². The number of nitrogens with zero attached hydrogens (tertiary/aromatic N) is 2. The molecule has 1 fully saturated rings. The SMILES string of the molecule is CC(CCCN)C(=O)N1CCCN(C)CC1. The highest BCUT2D eigenvalue weighted by molar-refractivity contribution is 5.78. The highest BCUT2D eigenvalue weighted by atomic mass is 16.2. The van der Waals surface area contributed by atoms with Crippen molar-refractivity contribution in [2.45, 2.75) is 26.2 Å². The Kier molecular flexibility index (Phi) is 5.77. The van der Waals surface area contributed by atoms with Gasteiger partial charge in [-0.25, -0.2) is 0 Å². The normalized spacial score (nSPS) is 20.6. The minimum atomic E-state index is 0.131. The lowest BCUT2D eigenvalue weighted by Gasteiger charge is -2.24. The molecular weight excluding hydrogens is 202 g/mol. The van der Waals surface area contributed by atoms with Gasteiger partial charge in [0.05, 0.1) is 0 Å². The number of rotatable bonds is 4. The van der Waals surface area contributed by atoms with Crippen LogP contribution in [-0.4, -0.2) is 55.5 Å². The van der Waals surface area contributed by atoms with Crippen molar-refractivity contribution < 1.29 is 4.79 Å². The second-order valence-electron chi connectivity index (χ2n) is 4.81. The fourth-order valence-electron chi connectivity index (χ4n) is 2.13. The van der Waals surface area contributed by atoms with E-state index >= 15 is 0 Å². The van der Waals surface area contributed by atoms with E-state index in [1.807, 2.05) is 11.8 Å². The third-order valence-electron chi connectivity index (χ3n) is 3.29. The first kappa shape index (κ1) is 13.5. The van der Waals surface area contributed by atoms with Crippen LogP contribution in [0.25, 0.3) is 0 Å². The quantitative estimate of drug-likeness (QED) is 0.762. The predicted octanol–water partition coefficient (Wildman–Crippen LogP) is 0.526. The van der Waals surface area contributed by atoms with Crippen molar-refractivity contribution in [3.05, 3.63) is 0 Å². The lowest BCUT2D eigenvalue weighted by Crippen LogP contribution is -2.38. The first-order valence-electron chi connectivity index (χ1n) is 6.32. The van der Waals surface area contributed by atoms with Crippen molar-refractivity contribution in [2.75, 3.05) is 39.8 Å². The Morgan fingerprint density at radius 2 is 2.06 bits per heavy atom. The maximum atomic E-state index is 12.1. The van der Waals surface area contributed by atoms with Gasteiger partial charge in [-0.1, -0.05) is 6.92 Å². The molecule has 1 aliphatic rings. The van der Waals surface area contributed by atoms with Crippen molar-refractivity contribution in [3.8, 4) is 0 Å². The van der Waals surface area contributed by atoms with Crippen LogP contribution in [0, 0.1) is 5.92 Å². The van der Waals surface area contributed by atoms with Gasteiger partial charge < -0.3 is 15.5 Å². The largest absolute Gasteiger partial charge is 0.341 e. The number of likely N-dealkylation sites (N-methyl/N-ethyl adjacent to an activating group) is 1. The van der Waals surface area contributed by atoms with Gasteiger partial charge in [-0.15, -0.1) is 0 Å². The summed E-state index contributed by atoms with van der Waals surface area (Å²) in [6, 6.07) is 0. The highest BCUT2D eigenvalue weighted by Gasteiger charge is 2.21. The molecule has 0 saturated carbocycles. The lowest BCUT2D eigenvalue weighted by atomic mass is 10.0. The maximum Gasteiger partial charge on any atom is 0.225 e. The Bertz CT molecular complexity index is 220. The monoisotopic (exact) mass is 227 g/mol. The Hall–Kier alpha value is -0.610. The molecule has 0 aromatic rings. The van der Waals surface area contributed by atoms with Crippen LogP contribution in [0.2, 0.25) is 0 Å². The van der Waals surface area contributed by atoms with Crippen LogP contribution in [0.1, 0.15) is 26.2 Å². The average molecular weight is 227 g/mol. The average Bonchev–Trinajstić information content (AvgIpc) is 2.50. The summed E-state index contributed by atoms with van der Waals surface area (Å²) in [5.41, 5.74) is 5.47. The second kappa shape index (κ2) is 6.86. The van der Waals surface area contributed by atoms with Crippen LogP contribution in [0.3, 0.4) is 0 Å². The third kappa shape index (κ3) is 4.10. The van der Waals surface area contributed by atoms with Gasteiger partial charge in [0.25, 0.3) is 0 Å². The molecule has 1 saturated heterocycles. The molecule has 2 N–H and O–H groups in total. The molecular formula is C12H25N3O. The molecule has 0 spiro atoms. The molecule has 4 heteroatoms. The molecule has 1 rings (SSSR count). The molecule has 0 aliphatic carbocycles. The van der Waals surface area contributed by atoms with Crippen LogP contribution >= 0.6 is 0 Å². The number of amides is 1. The summed E-state index contributed by atoms with van der Waals surface area (Å²) in [5.74, 6) is 0.440. The van der Waals surface area contributed by atoms with Gasteiger partial charge in [0.1, 0.15) is 0 Å². The van der Waals surface area contributed by atoms with Gasteiger partial charge >= 0.3 is 0 Å². The van der Waals surface area contributed by atoms with Gasteiger partial charge in [-0.2, -0.15) is 0 Å². The molecule has 1 aliphatic heterocycles. The molecule has 1 unspecified atom stereocenters. The van der Waals surface area contributed by atoms with E-state index in [0.29, 0.717) is 12.5 Å². The van der Waals surface area contributed by atoms with Gasteiger partial charge in [-0.3, -0.25) is 4.79 Å². The van der Waals surface area contributed by atoms with Gasteiger partial charge in [-0.05, 0) is 39.4 Å². The van der Waals surface area contributed by atoms with Crippen molar-refractivity contribution >= 4 is 5.91 Å². The molecule has 94 valence electrons. The lowest BCUT2D eigenvalue weighted by molar-refractivity contribution is -0.135. The first-order valence-corrected chi connectivity index (χ1v) is 6.32. The summed E-state index contributed by atoms with van der Waals surface area (Å²) in [5, 5.41) is 0. The number of hydrogen-bond donors (Lipinski definition) is 1. The van der Waals surface area contributed by atoms with E-state index in [2.05, 4.69) is 11.9 Å². The summed E-state index contributed by atoms with van der Waals surface area (Å²) in [7, 11) is 2.12. The van der Waals surface area contributed by atoms with E-state index in [1.165, 1.54) is 0 Å². The zero-order chi connectivity index (χ0) is 12.0. The zero-order valence-corrected chi connectivity index (χ0v) is 10.6. The van der Waals surface area contributed by atoms with E-state index in [0.717, 1.165) is 45.4 Å². The summed E-state index contributed by atoms with van der Waals surface area (Å²) in [6.07, 6.45) is 2.95. The topological polar surface area (TPSA) is 49.6 Å². The summed E-state index contributed by atoms with van der Waals surface area (Å²) in [6.45, 7) is 6.59. The molecule has 1 atom stereocenters. The van der Waals surface area contributed by atoms with Crippen molar-refractivity contribution in [1.82, 2.24) is 9.80 Å². The highest BCUT2D eigenvalue weighted by Crippen LogP contribution is 2.11. The van der Waals surface area contributed by atoms with Crippen LogP contribution in [0.15, 0.2) is 0 Å². The van der Waals surface area contributed by atoms with Crippen LogP contribution in [0.4, 0.5) is 0 Å². The molecule has 1 heterocycles. The molecule has 4 nitrogen and oxygen atoms in total. The molecule has 0 bridgehead atoms. The smallest absolute Gasteiger partial charge is 0.225 e. The first-order chi connectivity index (χ1) is 7.65. The number of nitrogens with two attached hydrogens (primary N) is 1. The number of carbonyl (C=O) groups excluding carboxylic acids is 1. The third-order valence-corrected chi connectivity index (χ3v) is 3.29. The fourth-order valence-corrected chi connectivity index (χ4v) is 2.13. The van der Waals surface area contributed by atoms with E-state index in [1.54, 1.807) is 0 Å². The second-order valence-corrected chi connectivity index (χ2v) is 4.81. The van der Waals surface area contributed by atoms with E-state index in [9.17, 15) is 4.79 Å². The summed E-state index contributed by atoms with van der Waals surface area (Å²) < 4.78 is 0. The van der Waals surface area contributed by atoms with Crippen molar-refractivity contribution in [3.63, 3.8) is 0 Å². The molecule has 0 aromatic heterocycles.